The Morgan fingerprint density at radius 3 is 2.50 bits per heavy atom. The van der Waals surface area contributed by atoms with Crippen LogP contribution in [-0.2, 0) is 6.18 Å². The van der Waals surface area contributed by atoms with E-state index in [1.54, 1.807) is 6.92 Å². The van der Waals surface area contributed by atoms with Gasteiger partial charge in [0.25, 0.3) is 0 Å². The second-order valence-corrected chi connectivity index (χ2v) is 5.60. The third-order valence-electron chi connectivity index (χ3n) is 2.73. The number of nitrogens with one attached hydrogen (secondary N) is 1. The van der Waals surface area contributed by atoms with Crippen LogP contribution in [0.5, 0.6) is 0 Å². The van der Waals surface area contributed by atoms with Crippen LogP contribution in [-0.4, -0.2) is 22.2 Å². The first-order valence-corrected chi connectivity index (χ1v) is 6.30. The average molecular weight is 291 g/mol. The predicted molar refractivity (Wildman–Crippen MR) is 72.2 cm³/mol. The molecule has 1 rings (SSSR count). The molecule has 0 saturated carbocycles. The fourth-order valence-electron chi connectivity index (χ4n) is 2.01. The minimum Gasteiger partial charge on any atom is -0.396 e. The Hall–Kier alpha value is -1.50. The molecule has 0 amide bonds. The molecule has 0 aliphatic rings. The highest BCUT2D eigenvalue weighted by Gasteiger charge is 2.33. The zero-order valence-corrected chi connectivity index (χ0v) is 11.8. The quantitative estimate of drug-likeness (QED) is 0.780. The second-order valence-electron chi connectivity index (χ2n) is 5.60. The molecule has 4 N–H and O–H groups in total. The number of halogens is 3. The first-order chi connectivity index (χ1) is 9.01. The van der Waals surface area contributed by atoms with Gasteiger partial charge in [-0.25, -0.2) is 4.98 Å². The van der Waals surface area contributed by atoms with Crippen LogP contribution in [0.1, 0.15) is 32.9 Å². The van der Waals surface area contributed by atoms with Crippen molar-refractivity contribution in [3.05, 3.63) is 18.0 Å². The SMILES string of the molecule is CC(C)CC(C)(O)CNc1cc(C(F)(F)F)ncc1N. The Bertz CT molecular complexity index is 459. The zero-order valence-electron chi connectivity index (χ0n) is 11.8. The number of aliphatic hydroxyl groups is 1. The maximum absolute atomic E-state index is 12.6. The molecule has 1 atom stereocenters. The highest BCUT2D eigenvalue weighted by molar-refractivity contribution is 5.65. The Morgan fingerprint density at radius 1 is 1.40 bits per heavy atom. The van der Waals surface area contributed by atoms with Crippen LogP contribution in [0.15, 0.2) is 12.3 Å². The molecule has 0 aliphatic carbocycles. The number of hydrogen-bond donors (Lipinski definition) is 3. The van der Waals surface area contributed by atoms with Gasteiger partial charge in [-0.2, -0.15) is 13.2 Å². The average Bonchev–Trinajstić information content (AvgIpc) is 2.24. The van der Waals surface area contributed by atoms with E-state index < -0.39 is 17.5 Å². The van der Waals surface area contributed by atoms with Gasteiger partial charge in [0.05, 0.1) is 23.2 Å². The van der Waals surface area contributed by atoms with E-state index in [1.165, 1.54) is 0 Å². The van der Waals surface area contributed by atoms with E-state index in [0.717, 1.165) is 12.3 Å². The highest BCUT2D eigenvalue weighted by atomic mass is 19.4. The van der Waals surface area contributed by atoms with Crippen LogP contribution >= 0.6 is 0 Å². The maximum Gasteiger partial charge on any atom is 0.433 e. The van der Waals surface area contributed by atoms with Gasteiger partial charge in [-0.05, 0) is 25.3 Å². The molecular formula is C13H20F3N3O. The lowest BCUT2D eigenvalue weighted by atomic mass is 9.94. The van der Waals surface area contributed by atoms with Gasteiger partial charge in [-0.3, -0.25) is 0 Å². The minimum absolute atomic E-state index is 0.108. The van der Waals surface area contributed by atoms with Crippen molar-refractivity contribution in [2.24, 2.45) is 5.92 Å². The second kappa shape index (κ2) is 5.87. The molecule has 114 valence electrons. The molecule has 20 heavy (non-hydrogen) atoms. The normalized spacial score (nSPS) is 15.2. The molecule has 1 aromatic rings. The van der Waals surface area contributed by atoms with E-state index in [0.29, 0.717) is 6.42 Å². The van der Waals surface area contributed by atoms with E-state index in [9.17, 15) is 18.3 Å². The van der Waals surface area contributed by atoms with Crippen molar-refractivity contribution in [1.29, 1.82) is 0 Å². The molecule has 0 radical (unpaired) electrons. The van der Waals surface area contributed by atoms with Gasteiger partial charge in [0.2, 0.25) is 0 Å². The molecule has 0 spiro atoms. The fraction of sp³-hybridized carbons (Fsp3) is 0.615. The van der Waals surface area contributed by atoms with Crippen molar-refractivity contribution in [3.63, 3.8) is 0 Å². The Balaban J connectivity index is 2.82. The van der Waals surface area contributed by atoms with Gasteiger partial charge in [0, 0.05) is 6.54 Å². The first-order valence-electron chi connectivity index (χ1n) is 6.30. The number of hydrogen-bond acceptors (Lipinski definition) is 4. The van der Waals surface area contributed by atoms with E-state index in [-0.39, 0.29) is 23.8 Å². The van der Waals surface area contributed by atoms with Crippen molar-refractivity contribution in [2.45, 2.75) is 39.0 Å². The zero-order chi connectivity index (χ0) is 15.6. The molecule has 0 aromatic carbocycles. The number of nitrogens with zero attached hydrogens (tertiary/aromatic N) is 1. The molecule has 1 unspecified atom stereocenters. The summed E-state index contributed by atoms with van der Waals surface area (Å²) in [6, 6.07) is 0.848. The summed E-state index contributed by atoms with van der Waals surface area (Å²) in [6.45, 7) is 5.65. The van der Waals surface area contributed by atoms with Crippen molar-refractivity contribution in [2.75, 3.05) is 17.6 Å². The van der Waals surface area contributed by atoms with Crippen LogP contribution in [0, 0.1) is 5.92 Å². The van der Waals surface area contributed by atoms with Gasteiger partial charge in [-0.15, -0.1) is 0 Å². The van der Waals surface area contributed by atoms with Crippen molar-refractivity contribution in [3.8, 4) is 0 Å². The summed E-state index contributed by atoms with van der Waals surface area (Å²) in [7, 11) is 0. The lowest BCUT2D eigenvalue weighted by Gasteiger charge is -2.26. The molecular weight excluding hydrogens is 271 g/mol. The Kier molecular flexibility index (Phi) is 4.86. The number of pyridine rings is 1. The number of alkyl halides is 3. The lowest BCUT2D eigenvalue weighted by Crippen LogP contribution is -2.35. The van der Waals surface area contributed by atoms with Gasteiger partial charge in [0.1, 0.15) is 5.69 Å². The van der Waals surface area contributed by atoms with Crippen molar-refractivity contribution < 1.29 is 18.3 Å². The number of rotatable bonds is 5. The lowest BCUT2D eigenvalue weighted by molar-refractivity contribution is -0.141. The third kappa shape index (κ3) is 4.88. The van der Waals surface area contributed by atoms with Crippen LogP contribution in [0.3, 0.4) is 0 Å². The molecule has 1 aromatic heterocycles. The topological polar surface area (TPSA) is 71.2 Å². The smallest absolute Gasteiger partial charge is 0.396 e. The maximum atomic E-state index is 12.6. The van der Waals surface area contributed by atoms with Crippen molar-refractivity contribution in [1.82, 2.24) is 4.98 Å². The van der Waals surface area contributed by atoms with E-state index in [4.69, 9.17) is 5.73 Å². The Labute approximate surface area is 116 Å². The predicted octanol–water partition coefficient (Wildman–Crippen LogP) is 2.89. The summed E-state index contributed by atoms with van der Waals surface area (Å²) in [5.41, 5.74) is 3.78. The number of nitrogens with two attached hydrogens (primary N) is 1. The van der Waals surface area contributed by atoms with Gasteiger partial charge in [-0.1, -0.05) is 13.8 Å². The van der Waals surface area contributed by atoms with Crippen LogP contribution in [0.2, 0.25) is 0 Å². The Morgan fingerprint density at radius 2 is 2.00 bits per heavy atom. The van der Waals surface area contributed by atoms with Gasteiger partial charge < -0.3 is 16.2 Å². The van der Waals surface area contributed by atoms with E-state index in [2.05, 4.69) is 10.3 Å². The number of aromatic nitrogens is 1. The largest absolute Gasteiger partial charge is 0.433 e. The molecule has 0 bridgehead atoms. The van der Waals surface area contributed by atoms with Crippen LogP contribution in [0.25, 0.3) is 0 Å². The first kappa shape index (κ1) is 16.6. The van der Waals surface area contributed by atoms with E-state index >= 15 is 0 Å². The summed E-state index contributed by atoms with van der Waals surface area (Å²) < 4.78 is 37.7. The molecule has 0 saturated heterocycles. The molecule has 1 heterocycles. The minimum atomic E-state index is -4.52. The number of nitrogen functional groups attached to an aromatic ring is 1. The number of anilines is 2. The van der Waals surface area contributed by atoms with Crippen LogP contribution in [0.4, 0.5) is 24.5 Å². The summed E-state index contributed by atoms with van der Waals surface area (Å²) in [5.74, 6) is 0.271. The molecule has 4 nitrogen and oxygen atoms in total. The molecule has 7 heteroatoms. The third-order valence-corrected chi connectivity index (χ3v) is 2.73. The van der Waals surface area contributed by atoms with Gasteiger partial charge >= 0.3 is 6.18 Å². The standard InChI is InChI=1S/C13H20F3N3O/c1-8(2)5-12(3,20)7-19-10-4-11(13(14,15)16)18-6-9(10)17/h4,6,8,20H,5,7,17H2,1-3H3,(H,18,19). The summed E-state index contributed by atoms with van der Waals surface area (Å²) >= 11 is 0. The monoisotopic (exact) mass is 291 g/mol. The summed E-state index contributed by atoms with van der Waals surface area (Å²) in [5, 5.41) is 12.9. The summed E-state index contributed by atoms with van der Waals surface area (Å²) in [4.78, 5) is 3.25. The van der Waals surface area contributed by atoms with Gasteiger partial charge in [0.15, 0.2) is 0 Å². The fourth-order valence-corrected chi connectivity index (χ4v) is 2.01. The highest BCUT2D eigenvalue weighted by Crippen LogP contribution is 2.31. The van der Waals surface area contributed by atoms with Crippen LogP contribution < -0.4 is 11.1 Å². The molecule has 0 fully saturated rings. The van der Waals surface area contributed by atoms with Crippen molar-refractivity contribution >= 4 is 11.4 Å². The summed E-state index contributed by atoms with van der Waals surface area (Å²) in [6.07, 6.45) is -3.04. The van der Waals surface area contributed by atoms with E-state index in [1.807, 2.05) is 13.8 Å². The molecule has 0 aliphatic heterocycles.